The van der Waals surface area contributed by atoms with Gasteiger partial charge in [0.05, 0.1) is 0 Å². The molecule has 0 fully saturated rings. The Morgan fingerprint density at radius 2 is 2.00 bits per heavy atom. The quantitative estimate of drug-likeness (QED) is 0.850. The van der Waals surface area contributed by atoms with Crippen LogP contribution in [0.5, 0.6) is 0 Å². The normalized spacial score (nSPS) is 10.2. The van der Waals surface area contributed by atoms with Crippen LogP contribution in [0, 0.1) is 0 Å². The minimum absolute atomic E-state index is 0.0219. The summed E-state index contributed by atoms with van der Waals surface area (Å²) < 4.78 is 4.63. The number of aromatic carboxylic acids is 1. The molecule has 0 aliphatic rings. The van der Waals surface area contributed by atoms with Crippen LogP contribution in [-0.4, -0.2) is 16.2 Å². The Hall–Kier alpha value is -1.81. The van der Waals surface area contributed by atoms with Gasteiger partial charge in [-0.15, -0.1) is 0 Å². The van der Waals surface area contributed by atoms with Gasteiger partial charge in [0.1, 0.15) is 10.7 Å². The topological polar surface area (TPSA) is 63.3 Å². The van der Waals surface area contributed by atoms with Gasteiger partial charge in [0, 0.05) is 5.56 Å². The fourth-order valence-electron chi connectivity index (χ4n) is 1.19. The van der Waals surface area contributed by atoms with E-state index in [-0.39, 0.29) is 10.8 Å². The SMILES string of the molecule is O=C(O)c1onc(-c2ccccc2)c1Cl. The van der Waals surface area contributed by atoms with Crippen LogP contribution in [0.2, 0.25) is 5.02 Å². The Bertz CT molecular complexity index is 493. The van der Waals surface area contributed by atoms with E-state index in [2.05, 4.69) is 9.68 Å². The van der Waals surface area contributed by atoms with Crippen molar-refractivity contribution in [2.75, 3.05) is 0 Å². The number of carbonyl (C=O) groups is 1. The zero-order chi connectivity index (χ0) is 10.8. The highest BCUT2D eigenvalue weighted by Gasteiger charge is 2.20. The number of carboxylic acid groups (broad SMARTS) is 1. The Morgan fingerprint density at radius 1 is 1.33 bits per heavy atom. The highest BCUT2D eigenvalue weighted by molar-refractivity contribution is 6.35. The number of benzene rings is 1. The third kappa shape index (κ3) is 1.71. The van der Waals surface area contributed by atoms with E-state index in [1.807, 2.05) is 6.07 Å². The lowest BCUT2D eigenvalue weighted by molar-refractivity contribution is 0.0652. The van der Waals surface area contributed by atoms with Gasteiger partial charge in [-0.2, -0.15) is 0 Å². The van der Waals surface area contributed by atoms with Gasteiger partial charge < -0.3 is 9.63 Å². The molecule has 0 aliphatic heterocycles. The summed E-state index contributed by atoms with van der Waals surface area (Å²) in [6, 6.07) is 9.00. The first-order chi connectivity index (χ1) is 7.20. The minimum atomic E-state index is -1.23. The fraction of sp³-hybridized carbons (Fsp3) is 0. The maximum absolute atomic E-state index is 10.6. The number of carboxylic acids is 1. The van der Waals surface area contributed by atoms with Crippen molar-refractivity contribution in [1.29, 1.82) is 0 Å². The van der Waals surface area contributed by atoms with Crippen molar-refractivity contribution in [2.24, 2.45) is 0 Å². The van der Waals surface area contributed by atoms with E-state index in [1.54, 1.807) is 24.3 Å². The van der Waals surface area contributed by atoms with E-state index in [1.165, 1.54) is 0 Å². The summed E-state index contributed by atoms with van der Waals surface area (Å²) in [7, 11) is 0. The van der Waals surface area contributed by atoms with Gasteiger partial charge in [-0.3, -0.25) is 0 Å². The van der Waals surface area contributed by atoms with Crippen molar-refractivity contribution in [3.05, 3.63) is 41.1 Å². The zero-order valence-corrected chi connectivity index (χ0v) is 8.23. The van der Waals surface area contributed by atoms with E-state index < -0.39 is 5.97 Å². The average Bonchev–Trinajstić information content (AvgIpc) is 2.61. The maximum Gasteiger partial charge on any atom is 0.376 e. The van der Waals surface area contributed by atoms with E-state index >= 15 is 0 Å². The number of hydrogen-bond donors (Lipinski definition) is 1. The molecule has 0 saturated heterocycles. The molecule has 2 rings (SSSR count). The molecule has 0 bridgehead atoms. The molecule has 0 aliphatic carbocycles. The monoisotopic (exact) mass is 223 g/mol. The molecule has 1 N–H and O–H groups in total. The molecule has 0 atom stereocenters. The molecule has 0 spiro atoms. The van der Waals surface area contributed by atoms with Crippen LogP contribution in [0.15, 0.2) is 34.9 Å². The van der Waals surface area contributed by atoms with Crippen molar-refractivity contribution in [2.45, 2.75) is 0 Å². The standard InChI is InChI=1S/C10H6ClNO3/c11-7-8(6-4-2-1-3-5-6)12-15-9(7)10(13)14/h1-5H,(H,13,14). The number of halogens is 1. The first kappa shape index (κ1) is 9.73. The molecule has 15 heavy (non-hydrogen) atoms. The molecule has 2 aromatic rings. The van der Waals surface area contributed by atoms with Crippen LogP contribution in [0.25, 0.3) is 11.3 Å². The number of aromatic nitrogens is 1. The molecule has 76 valence electrons. The van der Waals surface area contributed by atoms with Crippen molar-refractivity contribution in [1.82, 2.24) is 5.16 Å². The number of rotatable bonds is 2. The fourth-order valence-corrected chi connectivity index (χ4v) is 1.45. The van der Waals surface area contributed by atoms with Crippen LogP contribution in [0.4, 0.5) is 0 Å². The van der Waals surface area contributed by atoms with Crippen LogP contribution in [0.3, 0.4) is 0 Å². The minimum Gasteiger partial charge on any atom is -0.475 e. The van der Waals surface area contributed by atoms with Crippen molar-refractivity contribution < 1.29 is 14.4 Å². The van der Waals surface area contributed by atoms with Gasteiger partial charge in [-0.25, -0.2) is 4.79 Å². The zero-order valence-electron chi connectivity index (χ0n) is 7.48. The highest BCUT2D eigenvalue weighted by atomic mass is 35.5. The van der Waals surface area contributed by atoms with Gasteiger partial charge in [0.2, 0.25) is 0 Å². The van der Waals surface area contributed by atoms with Crippen molar-refractivity contribution in [3.8, 4) is 11.3 Å². The molecule has 1 aromatic heterocycles. The Kier molecular flexibility index (Phi) is 2.43. The van der Waals surface area contributed by atoms with Crippen LogP contribution < -0.4 is 0 Å². The lowest BCUT2D eigenvalue weighted by atomic mass is 10.1. The van der Waals surface area contributed by atoms with Gasteiger partial charge in [-0.1, -0.05) is 47.1 Å². The Labute approximate surface area is 90.1 Å². The van der Waals surface area contributed by atoms with Gasteiger partial charge in [-0.05, 0) is 0 Å². The van der Waals surface area contributed by atoms with Crippen molar-refractivity contribution in [3.63, 3.8) is 0 Å². The van der Waals surface area contributed by atoms with Gasteiger partial charge in [0.25, 0.3) is 5.76 Å². The smallest absolute Gasteiger partial charge is 0.376 e. The average molecular weight is 224 g/mol. The van der Waals surface area contributed by atoms with Crippen LogP contribution >= 0.6 is 11.6 Å². The predicted molar refractivity (Wildman–Crippen MR) is 53.9 cm³/mol. The van der Waals surface area contributed by atoms with Gasteiger partial charge in [0.15, 0.2) is 0 Å². The third-order valence-corrected chi connectivity index (χ3v) is 2.23. The molecular weight excluding hydrogens is 218 g/mol. The highest BCUT2D eigenvalue weighted by Crippen LogP contribution is 2.29. The molecule has 0 unspecified atom stereocenters. The first-order valence-electron chi connectivity index (χ1n) is 4.14. The summed E-state index contributed by atoms with van der Waals surface area (Å²) in [5, 5.41) is 12.3. The lowest BCUT2D eigenvalue weighted by Crippen LogP contribution is -1.93. The summed E-state index contributed by atoms with van der Waals surface area (Å²) >= 11 is 5.82. The molecule has 0 radical (unpaired) electrons. The van der Waals surface area contributed by atoms with Gasteiger partial charge >= 0.3 is 5.97 Å². The van der Waals surface area contributed by atoms with Crippen LogP contribution in [-0.2, 0) is 0 Å². The molecule has 5 heteroatoms. The van der Waals surface area contributed by atoms with E-state index in [9.17, 15) is 4.79 Å². The third-order valence-electron chi connectivity index (χ3n) is 1.88. The Morgan fingerprint density at radius 3 is 2.53 bits per heavy atom. The lowest BCUT2D eigenvalue weighted by Gasteiger charge is -1.93. The predicted octanol–water partition coefficient (Wildman–Crippen LogP) is 2.69. The van der Waals surface area contributed by atoms with E-state index in [0.29, 0.717) is 5.69 Å². The largest absolute Gasteiger partial charge is 0.475 e. The molecule has 0 amide bonds. The van der Waals surface area contributed by atoms with Crippen LogP contribution in [0.1, 0.15) is 10.6 Å². The molecule has 1 aromatic carbocycles. The second kappa shape index (κ2) is 3.74. The maximum atomic E-state index is 10.6. The Balaban J connectivity index is 2.52. The summed E-state index contributed by atoms with van der Waals surface area (Å²) in [5.74, 6) is -1.56. The molecule has 4 nitrogen and oxygen atoms in total. The number of nitrogens with zero attached hydrogens (tertiary/aromatic N) is 1. The van der Waals surface area contributed by atoms with E-state index in [4.69, 9.17) is 16.7 Å². The summed E-state index contributed by atoms with van der Waals surface area (Å²) in [6.07, 6.45) is 0. The second-order valence-corrected chi connectivity index (χ2v) is 3.22. The van der Waals surface area contributed by atoms with Crippen molar-refractivity contribution >= 4 is 17.6 Å². The van der Waals surface area contributed by atoms with E-state index in [0.717, 1.165) is 5.56 Å². The number of hydrogen-bond acceptors (Lipinski definition) is 3. The molecule has 0 saturated carbocycles. The second-order valence-electron chi connectivity index (χ2n) is 2.85. The summed E-state index contributed by atoms with van der Waals surface area (Å²) in [4.78, 5) is 10.6. The molecule has 1 heterocycles. The molecular formula is C10H6ClNO3. The summed E-state index contributed by atoms with van der Waals surface area (Å²) in [6.45, 7) is 0. The first-order valence-corrected chi connectivity index (χ1v) is 4.52. The summed E-state index contributed by atoms with van der Waals surface area (Å²) in [5.41, 5.74) is 1.06.